The van der Waals surface area contributed by atoms with Crippen LogP contribution in [0.2, 0.25) is 0 Å². The van der Waals surface area contributed by atoms with E-state index in [9.17, 15) is 10.0 Å². The molecule has 0 aliphatic rings. The fourth-order valence-corrected chi connectivity index (χ4v) is 2.27. The molecule has 6 heteroatoms. The SMILES string of the molecule is O=C(O)Cc1nc(-c2ccc[n+]([O-])c2)c(-c2ccccc2)[nH]1. The number of nitrogens with zero attached hydrogens (tertiary/aromatic N) is 2. The van der Waals surface area contributed by atoms with Crippen molar-refractivity contribution in [2.24, 2.45) is 0 Å². The van der Waals surface area contributed by atoms with Crippen LogP contribution in [0.15, 0.2) is 54.9 Å². The van der Waals surface area contributed by atoms with Gasteiger partial charge in [-0.25, -0.2) is 4.98 Å². The number of benzene rings is 1. The third kappa shape index (κ3) is 2.80. The number of aliphatic carboxylic acids is 1. The van der Waals surface area contributed by atoms with E-state index in [4.69, 9.17) is 5.11 Å². The maximum atomic E-state index is 11.5. The van der Waals surface area contributed by atoms with Crippen molar-refractivity contribution < 1.29 is 14.6 Å². The minimum atomic E-state index is -0.966. The number of carboxylic acids is 1. The Morgan fingerprint density at radius 1 is 1.18 bits per heavy atom. The molecule has 0 saturated carbocycles. The summed E-state index contributed by atoms with van der Waals surface area (Å²) in [6, 6.07) is 12.9. The highest BCUT2D eigenvalue weighted by Gasteiger charge is 2.17. The molecule has 0 radical (unpaired) electrons. The van der Waals surface area contributed by atoms with Gasteiger partial charge in [0.25, 0.3) is 0 Å². The van der Waals surface area contributed by atoms with Gasteiger partial charge >= 0.3 is 5.97 Å². The molecule has 3 rings (SSSR count). The topological polar surface area (TPSA) is 92.9 Å². The molecule has 6 nitrogen and oxygen atoms in total. The second-order valence-corrected chi connectivity index (χ2v) is 4.80. The van der Waals surface area contributed by atoms with Crippen LogP contribution in [0, 0.1) is 5.21 Å². The van der Waals surface area contributed by atoms with Gasteiger partial charge in [0, 0.05) is 11.6 Å². The van der Waals surface area contributed by atoms with E-state index in [1.165, 1.54) is 12.4 Å². The molecule has 0 aliphatic carbocycles. The van der Waals surface area contributed by atoms with Crippen molar-refractivity contribution in [3.8, 4) is 22.5 Å². The van der Waals surface area contributed by atoms with E-state index in [0.717, 1.165) is 5.56 Å². The van der Waals surface area contributed by atoms with Gasteiger partial charge < -0.3 is 15.3 Å². The van der Waals surface area contributed by atoms with Crippen LogP contribution >= 0.6 is 0 Å². The van der Waals surface area contributed by atoms with Gasteiger partial charge in [-0.05, 0) is 6.07 Å². The Morgan fingerprint density at radius 3 is 2.59 bits per heavy atom. The first-order chi connectivity index (χ1) is 10.6. The van der Waals surface area contributed by atoms with Crippen molar-refractivity contribution >= 4 is 5.97 Å². The van der Waals surface area contributed by atoms with Crippen LogP contribution in [0.4, 0.5) is 0 Å². The third-order valence-electron chi connectivity index (χ3n) is 3.18. The zero-order valence-electron chi connectivity index (χ0n) is 11.6. The Labute approximate surface area is 126 Å². The molecule has 0 atom stereocenters. The lowest BCUT2D eigenvalue weighted by atomic mass is 10.1. The molecule has 3 aromatic rings. The number of nitrogens with one attached hydrogen (secondary N) is 1. The summed E-state index contributed by atoms with van der Waals surface area (Å²) in [6.45, 7) is 0. The van der Waals surface area contributed by atoms with Gasteiger partial charge in [0.2, 0.25) is 0 Å². The van der Waals surface area contributed by atoms with Crippen molar-refractivity contribution in [3.63, 3.8) is 0 Å². The third-order valence-corrected chi connectivity index (χ3v) is 3.18. The Kier molecular flexibility index (Phi) is 3.57. The quantitative estimate of drug-likeness (QED) is 0.568. The molecule has 110 valence electrons. The first-order valence-electron chi connectivity index (χ1n) is 6.69. The lowest BCUT2D eigenvalue weighted by Gasteiger charge is -2.03. The van der Waals surface area contributed by atoms with Crippen LogP contribution in [0.5, 0.6) is 0 Å². The van der Waals surface area contributed by atoms with E-state index in [1.807, 2.05) is 30.3 Å². The summed E-state index contributed by atoms with van der Waals surface area (Å²) >= 11 is 0. The lowest BCUT2D eigenvalue weighted by molar-refractivity contribution is -0.604. The molecule has 0 unspecified atom stereocenters. The fraction of sp³-hybridized carbons (Fsp3) is 0.0625. The zero-order valence-corrected chi connectivity index (χ0v) is 11.6. The van der Waals surface area contributed by atoms with Crippen LogP contribution in [0.1, 0.15) is 5.82 Å². The second kappa shape index (κ2) is 5.69. The Hall–Kier alpha value is -3.15. The largest absolute Gasteiger partial charge is 0.619 e. The summed E-state index contributed by atoms with van der Waals surface area (Å²) in [7, 11) is 0. The second-order valence-electron chi connectivity index (χ2n) is 4.80. The first kappa shape index (κ1) is 13.8. The summed E-state index contributed by atoms with van der Waals surface area (Å²) < 4.78 is 0.690. The van der Waals surface area contributed by atoms with E-state index < -0.39 is 5.97 Å². The van der Waals surface area contributed by atoms with Crippen molar-refractivity contribution in [3.05, 3.63) is 65.9 Å². The number of aromatic amines is 1. The number of hydrogen-bond acceptors (Lipinski definition) is 3. The molecule has 2 heterocycles. The van der Waals surface area contributed by atoms with Gasteiger partial charge in [-0.15, -0.1) is 0 Å². The molecule has 0 bridgehead atoms. The minimum absolute atomic E-state index is 0.204. The van der Waals surface area contributed by atoms with Gasteiger partial charge in [-0.1, -0.05) is 30.3 Å². The highest BCUT2D eigenvalue weighted by atomic mass is 16.5. The maximum Gasteiger partial charge on any atom is 0.311 e. The fourth-order valence-electron chi connectivity index (χ4n) is 2.27. The number of imidazole rings is 1. The predicted octanol–water partition coefficient (Wildman–Crippen LogP) is 2.00. The summed E-state index contributed by atoms with van der Waals surface area (Å²) in [5, 5.41) is 20.4. The minimum Gasteiger partial charge on any atom is -0.619 e. The summed E-state index contributed by atoms with van der Waals surface area (Å²) in [5.41, 5.74) is 2.77. The van der Waals surface area contributed by atoms with Gasteiger partial charge in [0.05, 0.1) is 11.3 Å². The van der Waals surface area contributed by atoms with E-state index in [0.29, 0.717) is 27.5 Å². The van der Waals surface area contributed by atoms with Crippen molar-refractivity contribution in [1.82, 2.24) is 9.97 Å². The average Bonchev–Trinajstić information content (AvgIpc) is 2.91. The zero-order chi connectivity index (χ0) is 15.5. The molecule has 1 aromatic carbocycles. The highest BCUT2D eigenvalue weighted by Crippen LogP contribution is 2.29. The molecular weight excluding hydrogens is 282 g/mol. The van der Waals surface area contributed by atoms with Crippen molar-refractivity contribution in [1.29, 1.82) is 0 Å². The smallest absolute Gasteiger partial charge is 0.311 e. The van der Waals surface area contributed by atoms with Gasteiger partial charge in [-0.2, -0.15) is 4.73 Å². The van der Waals surface area contributed by atoms with Crippen LogP contribution in [-0.2, 0) is 11.2 Å². The van der Waals surface area contributed by atoms with E-state index in [-0.39, 0.29) is 6.42 Å². The van der Waals surface area contributed by atoms with Crippen LogP contribution in [-0.4, -0.2) is 21.0 Å². The number of carbonyl (C=O) groups is 1. The molecule has 0 amide bonds. The molecule has 0 saturated heterocycles. The molecule has 2 N–H and O–H groups in total. The molecule has 22 heavy (non-hydrogen) atoms. The number of rotatable bonds is 4. The highest BCUT2D eigenvalue weighted by molar-refractivity contribution is 5.79. The normalized spacial score (nSPS) is 10.5. The monoisotopic (exact) mass is 295 g/mol. The van der Waals surface area contributed by atoms with E-state index in [1.54, 1.807) is 12.1 Å². The number of aromatic nitrogens is 3. The van der Waals surface area contributed by atoms with Gasteiger partial charge in [0.1, 0.15) is 17.9 Å². The van der Waals surface area contributed by atoms with E-state index in [2.05, 4.69) is 9.97 Å². The van der Waals surface area contributed by atoms with Crippen molar-refractivity contribution in [2.75, 3.05) is 0 Å². The number of H-pyrrole nitrogens is 1. The van der Waals surface area contributed by atoms with Crippen molar-refractivity contribution in [2.45, 2.75) is 6.42 Å². The van der Waals surface area contributed by atoms with Gasteiger partial charge in [-0.3, -0.25) is 4.79 Å². The molecule has 0 aliphatic heterocycles. The molecule has 0 spiro atoms. The summed E-state index contributed by atoms with van der Waals surface area (Å²) in [5.74, 6) is -0.616. The predicted molar refractivity (Wildman–Crippen MR) is 79.8 cm³/mol. The lowest BCUT2D eigenvalue weighted by Crippen LogP contribution is -2.24. The first-order valence-corrected chi connectivity index (χ1v) is 6.69. The standard InChI is InChI=1S/C16H13N3O3/c20-14(21)9-13-17-15(11-5-2-1-3-6-11)16(18-13)12-7-4-8-19(22)10-12/h1-8,10H,9H2,(H,17,18)(H,20,21). The maximum absolute atomic E-state index is 11.5. The number of carboxylic acid groups (broad SMARTS) is 1. The number of pyridine rings is 1. The molecule has 2 aromatic heterocycles. The summed E-state index contributed by atoms with van der Waals surface area (Å²) in [6.07, 6.45) is 2.59. The Bertz CT molecular complexity index is 813. The average molecular weight is 295 g/mol. The van der Waals surface area contributed by atoms with E-state index >= 15 is 0 Å². The number of hydrogen-bond donors (Lipinski definition) is 2. The van der Waals surface area contributed by atoms with Crippen LogP contribution < -0.4 is 4.73 Å². The van der Waals surface area contributed by atoms with Crippen LogP contribution in [0.25, 0.3) is 22.5 Å². The Morgan fingerprint density at radius 2 is 1.91 bits per heavy atom. The van der Waals surface area contributed by atoms with Crippen LogP contribution in [0.3, 0.4) is 0 Å². The Balaban J connectivity index is 2.15. The van der Waals surface area contributed by atoms with Gasteiger partial charge in [0.15, 0.2) is 12.4 Å². The molecular formula is C16H13N3O3. The summed E-state index contributed by atoms with van der Waals surface area (Å²) in [4.78, 5) is 18.3. The molecule has 0 fully saturated rings.